The van der Waals surface area contributed by atoms with Gasteiger partial charge in [-0.2, -0.15) is 5.10 Å². The SMILES string of the molecule is CC(c1nnnn1C(C)C(=O)O)n1cncn1. The first-order valence-electron chi connectivity index (χ1n) is 4.96. The van der Waals surface area contributed by atoms with Crippen LogP contribution in [0.25, 0.3) is 0 Å². The Balaban J connectivity index is 2.34. The lowest BCUT2D eigenvalue weighted by Crippen LogP contribution is -2.22. The molecule has 0 amide bonds. The molecule has 2 heterocycles. The summed E-state index contributed by atoms with van der Waals surface area (Å²) in [5, 5.41) is 23.9. The van der Waals surface area contributed by atoms with Crippen molar-refractivity contribution in [2.45, 2.75) is 25.9 Å². The minimum atomic E-state index is -0.996. The van der Waals surface area contributed by atoms with Crippen molar-refractivity contribution in [2.75, 3.05) is 0 Å². The highest BCUT2D eigenvalue weighted by Gasteiger charge is 2.23. The molecule has 2 atom stereocenters. The van der Waals surface area contributed by atoms with Crippen molar-refractivity contribution in [1.29, 1.82) is 0 Å². The van der Waals surface area contributed by atoms with Crippen molar-refractivity contribution in [1.82, 2.24) is 35.0 Å². The normalized spacial score (nSPS) is 14.5. The Hall–Kier alpha value is -2.32. The quantitative estimate of drug-likeness (QED) is 0.764. The van der Waals surface area contributed by atoms with Gasteiger partial charge in [0.15, 0.2) is 11.9 Å². The van der Waals surface area contributed by atoms with Crippen LogP contribution >= 0.6 is 0 Å². The van der Waals surface area contributed by atoms with Crippen LogP contribution in [0.15, 0.2) is 12.7 Å². The van der Waals surface area contributed by atoms with Gasteiger partial charge in [-0.15, -0.1) is 5.10 Å². The van der Waals surface area contributed by atoms with Crippen LogP contribution in [-0.4, -0.2) is 46.0 Å². The standard InChI is InChI=1S/C8H11N7O2/c1-5(14-4-9-3-10-14)7-11-12-13-15(7)6(2)8(16)17/h3-6H,1-2H3,(H,16,17). The summed E-state index contributed by atoms with van der Waals surface area (Å²) in [6, 6.07) is -1.11. The first kappa shape index (κ1) is 11.2. The van der Waals surface area contributed by atoms with Crippen molar-refractivity contribution >= 4 is 5.97 Å². The summed E-state index contributed by atoms with van der Waals surface area (Å²) in [5.74, 6) is -0.574. The van der Waals surface area contributed by atoms with Gasteiger partial charge in [0.2, 0.25) is 0 Å². The summed E-state index contributed by atoms with van der Waals surface area (Å²) < 4.78 is 2.81. The lowest BCUT2D eigenvalue weighted by molar-refractivity contribution is -0.140. The summed E-state index contributed by atoms with van der Waals surface area (Å²) in [5.41, 5.74) is 0. The highest BCUT2D eigenvalue weighted by Crippen LogP contribution is 2.16. The number of aromatic nitrogens is 7. The highest BCUT2D eigenvalue weighted by molar-refractivity contribution is 5.71. The highest BCUT2D eigenvalue weighted by atomic mass is 16.4. The molecule has 2 aromatic rings. The molecule has 0 saturated carbocycles. The van der Waals surface area contributed by atoms with Gasteiger partial charge in [0.1, 0.15) is 18.7 Å². The molecule has 9 heteroatoms. The smallest absolute Gasteiger partial charge is 0.328 e. The molecule has 0 fully saturated rings. The first-order chi connectivity index (χ1) is 8.11. The van der Waals surface area contributed by atoms with Crippen LogP contribution in [0.3, 0.4) is 0 Å². The van der Waals surface area contributed by atoms with E-state index in [2.05, 4.69) is 25.6 Å². The molecule has 9 nitrogen and oxygen atoms in total. The van der Waals surface area contributed by atoms with E-state index < -0.39 is 12.0 Å². The Labute approximate surface area is 96.1 Å². The molecule has 0 bridgehead atoms. The second-order valence-corrected chi connectivity index (χ2v) is 3.55. The van der Waals surface area contributed by atoms with Crippen LogP contribution in [0.1, 0.15) is 31.8 Å². The third kappa shape index (κ3) is 1.98. The molecule has 0 aliphatic carbocycles. The van der Waals surface area contributed by atoms with E-state index in [0.717, 1.165) is 0 Å². The molecule has 90 valence electrons. The number of carboxylic acids is 1. The van der Waals surface area contributed by atoms with E-state index in [1.54, 1.807) is 4.68 Å². The van der Waals surface area contributed by atoms with E-state index in [9.17, 15) is 4.79 Å². The maximum absolute atomic E-state index is 10.9. The van der Waals surface area contributed by atoms with Crippen LogP contribution in [-0.2, 0) is 4.79 Å². The van der Waals surface area contributed by atoms with E-state index in [0.29, 0.717) is 5.82 Å². The number of nitrogens with zero attached hydrogens (tertiary/aromatic N) is 7. The molecule has 2 aromatic heterocycles. The van der Waals surface area contributed by atoms with Crippen molar-refractivity contribution in [3.63, 3.8) is 0 Å². The van der Waals surface area contributed by atoms with Gasteiger partial charge in [0.05, 0.1) is 0 Å². The fourth-order valence-electron chi connectivity index (χ4n) is 1.39. The number of rotatable bonds is 4. The second kappa shape index (κ2) is 4.28. The monoisotopic (exact) mass is 237 g/mol. The average Bonchev–Trinajstić information content (AvgIpc) is 2.97. The largest absolute Gasteiger partial charge is 0.480 e. The lowest BCUT2D eigenvalue weighted by atomic mass is 10.3. The predicted molar refractivity (Wildman–Crippen MR) is 54.0 cm³/mol. The Morgan fingerprint density at radius 1 is 1.47 bits per heavy atom. The second-order valence-electron chi connectivity index (χ2n) is 3.55. The summed E-state index contributed by atoms with van der Waals surface area (Å²) in [6.07, 6.45) is 2.92. The molecular formula is C8H11N7O2. The Kier molecular flexibility index (Phi) is 2.81. The fourth-order valence-corrected chi connectivity index (χ4v) is 1.39. The van der Waals surface area contributed by atoms with E-state index in [1.807, 2.05) is 6.92 Å². The van der Waals surface area contributed by atoms with Crippen LogP contribution in [0.2, 0.25) is 0 Å². The Bertz CT molecular complexity index is 506. The first-order valence-corrected chi connectivity index (χ1v) is 4.96. The molecule has 2 unspecified atom stereocenters. The molecule has 0 spiro atoms. The maximum Gasteiger partial charge on any atom is 0.328 e. The predicted octanol–water partition coefficient (Wildman–Crippen LogP) is -0.481. The number of carbonyl (C=O) groups is 1. The minimum Gasteiger partial charge on any atom is -0.480 e. The topological polar surface area (TPSA) is 112 Å². The van der Waals surface area contributed by atoms with Crippen molar-refractivity contribution in [3.05, 3.63) is 18.5 Å². The zero-order chi connectivity index (χ0) is 12.4. The van der Waals surface area contributed by atoms with Gasteiger partial charge in [0, 0.05) is 0 Å². The minimum absolute atomic E-state index is 0.283. The van der Waals surface area contributed by atoms with E-state index in [-0.39, 0.29) is 6.04 Å². The molecule has 0 radical (unpaired) electrons. The van der Waals surface area contributed by atoms with Crippen LogP contribution in [0.4, 0.5) is 0 Å². The van der Waals surface area contributed by atoms with Gasteiger partial charge in [-0.3, -0.25) is 0 Å². The number of aliphatic carboxylic acids is 1. The van der Waals surface area contributed by atoms with Gasteiger partial charge in [-0.25, -0.2) is 19.1 Å². The molecule has 0 aliphatic heterocycles. The lowest BCUT2D eigenvalue weighted by Gasteiger charge is -2.13. The third-order valence-electron chi connectivity index (χ3n) is 2.45. The Morgan fingerprint density at radius 2 is 2.24 bits per heavy atom. The molecule has 17 heavy (non-hydrogen) atoms. The van der Waals surface area contributed by atoms with Gasteiger partial charge in [0.25, 0.3) is 0 Å². The van der Waals surface area contributed by atoms with Crippen LogP contribution < -0.4 is 0 Å². The van der Waals surface area contributed by atoms with Crippen molar-refractivity contribution in [2.24, 2.45) is 0 Å². The zero-order valence-electron chi connectivity index (χ0n) is 9.30. The van der Waals surface area contributed by atoms with Gasteiger partial charge < -0.3 is 5.11 Å². The number of carboxylic acid groups (broad SMARTS) is 1. The van der Waals surface area contributed by atoms with Crippen LogP contribution in [0, 0.1) is 0 Å². The fraction of sp³-hybridized carbons (Fsp3) is 0.500. The Morgan fingerprint density at radius 3 is 2.82 bits per heavy atom. The van der Waals surface area contributed by atoms with E-state index in [1.165, 1.54) is 24.3 Å². The summed E-state index contributed by atoms with van der Waals surface area (Å²) in [7, 11) is 0. The zero-order valence-corrected chi connectivity index (χ0v) is 9.30. The number of hydrogen-bond donors (Lipinski definition) is 1. The summed E-state index contributed by atoms with van der Waals surface area (Å²) >= 11 is 0. The van der Waals surface area contributed by atoms with Crippen LogP contribution in [0.5, 0.6) is 0 Å². The van der Waals surface area contributed by atoms with Crippen molar-refractivity contribution < 1.29 is 9.90 Å². The van der Waals surface area contributed by atoms with Gasteiger partial charge in [-0.1, -0.05) is 0 Å². The summed E-state index contributed by atoms with van der Waals surface area (Å²) in [4.78, 5) is 14.7. The van der Waals surface area contributed by atoms with E-state index >= 15 is 0 Å². The molecule has 0 saturated heterocycles. The average molecular weight is 237 g/mol. The molecular weight excluding hydrogens is 226 g/mol. The number of tetrazole rings is 1. The molecule has 0 aromatic carbocycles. The van der Waals surface area contributed by atoms with Gasteiger partial charge in [-0.05, 0) is 24.3 Å². The third-order valence-corrected chi connectivity index (χ3v) is 2.45. The maximum atomic E-state index is 10.9. The molecule has 0 aliphatic rings. The van der Waals surface area contributed by atoms with E-state index in [4.69, 9.17) is 5.11 Å². The van der Waals surface area contributed by atoms with Gasteiger partial charge >= 0.3 is 5.97 Å². The molecule has 1 N–H and O–H groups in total. The van der Waals surface area contributed by atoms with Crippen molar-refractivity contribution in [3.8, 4) is 0 Å². The summed E-state index contributed by atoms with van der Waals surface area (Å²) in [6.45, 7) is 3.32. The number of hydrogen-bond acceptors (Lipinski definition) is 6. The molecule has 2 rings (SSSR count).